The summed E-state index contributed by atoms with van der Waals surface area (Å²) in [4.78, 5) is 12.2. The molecule has 4 aliphatic rings. The number of aliphatic hydroxyl groups is 1. The van der Waals surface area contributed by atoms with Gasteiger partial charge in [-0.25, -0.2) is 0 Å². The fraction of sp³-hybridized carbons (Fsp3) is 0.864. The van der Waals surface area contributed by atoms with Gasteiger partial charge in [0.1, 0.15) is 5.78 Å². The molecule has 0 amide bonds. The van der Waals surface area contributed by atoms with E-state index in [1.54, 1.807) is 6.92 Å². The van der Waals surface area contributed by atoms with Gasteiger partial charge in [-0.05, 0) is 93.3 Å². The molecule has 0 aromatic heterocycles. The summed E-state index contributed by atoms with van der Waals surface area (Å²) in [5.41, 5.74) is -0.0232. The molecular formula is C22H34O2. The van der Waals surface area contributed by atoms with Crippen molar-refractivity contribution >= 4 is 5.78 Å². The summed E-state index contributed by atoms with van der Waals surface area (Å²) in [7, 11) is 0. The van der Waals surface area contributed by atoms with Crippen LogP contribution in [0, 0.1) is 40.4 Å². The zero-order chi connectivity index (χ0) is 17.3. The van der Waals surface area contributed by atoms with Gasteiger partial charge in [-0.2, -0.15) is 0 Å². The van der Waals surface area contributed by atoms with Gasteiger partial charge in [-0.3, -0.25) is 4.79 Å². The van der Waals surface area contributed by atoms with Crippen molar-refractivity contribution < 1.29 is 9.90 Å². The molecule has 0 radical (unpaired) electrons. The van der Waals surface area contributed by atoms with E-state index >= 15 is 0 Å². The van der Waals surface area contributed by atoms with E-state index in [9.17, 15) is 9.90 Å². The zero-order valence-corrected chi connectivity index (χ0v) is 15.8. The molecule has 2 heteroatoms. The Hall–Kier alpha value is -0.630. The Bertz CT molecular complexity index is 577. The van der Waals surface area contributed by atoms with Crippen molar-refractivity contribution in [3.63, 3.8) is 0 Å². The lowest BCUT2D eigenvalue weighted by atomic mass is 9.46. The first-order valence-electron chi connectivity index (χ1n) is 10.1. The van der Waals surface area contributed by atoms with Crippen LogP contribution < -0.4 is 0 Å². The van der Waals surface area contributed by atoms with Gasteiger partial charge in [0.15, 0.2) is 0 Å². The van der Waals surface area contributed by atoms with Crippen LogP contribution in [0.4, 0.5) is 0 Å². The standard InChI is InChI=1S/C22H34O2/c1-14(23)17-7-8-18-16-6-5-15-13-20(2,24)11-12-21(15,3)19(16)9-10-22(17,18)4/h9-10,15-19,24H,5-8,11-13H2,1-4H3/t15-,16-,17+,18-,19-,20+,21-,22+/m0/s1. The van der Waals surface area contributed by atoms with E-state index in [1.807, 2.05) is 6.92 Å². The number of ketones is 1. The van der Waals surface area contributed by atoms with E-state index in [0.717, 1.165) is 31.6 Å². The summed E-state index contributed by atoms with van der Waals surface area (Å²) in [6.45, 7) is 8.66. The normalized spacial score (nSPS) is 56.3. The van der Waals surface area contributed by atoms with Gasteiger partial charge in [0.05, 0.1) is 5.60 Å². The Morgan fingerprint density at radius 1 is 1.08 bits per heavy atom. The molecule has 2 nitrogen and oxygen atoms in total. The number of fused-ring (bicyclic) bond motifs is 5. The Morgan fingerprint density at radius 2 is 1.83 bits per heavy atom. The quantitative estimate of drug-likeness (QED) is 0.704. The van der Waals surface area contributed by atoms with Crippen LogP contribution >= 0.6 is 0 Å². The van der Waals surface area contributed by atoms with Crippen molar-refractivity contribution in [3.05, 3.63) is 12.2 Å². The molecule has 134 valence electrons. The highest BCUT2D eigenvalue weighted by Crippen LogP contribution is 2.65. The molecule has 3 fully saturated rings. The first kappa shape index (κ1) is 16.8. The van der Waals surface area contributed by atoms with Crippen molar-refractivity contribution in [2.45, 2.75) is 78.2 Å². The Kier molecular flexibility index (Phi) is 3.64. The molecule has 24 heavy (non-hydrogen) atoms. The van der Waals surface area contributed by atoms with Crippen molar-refractivity contribution in [1.82, 2.24) is 0 Å². The summed E-state index contributed by atoms with van der Waals surface area (Å²) in [5, 5.41) is 10.6. The van der Waals surface area contributed by atoms with E-state index in [2.05, 4.69) is 26.0 Å². The van der Waals surface area contributed by atoms with E-state index in [0.29, 0.717) is 29.0 Å². The number of hydrogen-bond donors (Lipinski definition) is 1. The number of Topliss-reactive ketones (excluding diaryl/α,β-unsaturated/α-hetero) is 1. The minimum Gasteiger partial charge on any atom is -0.390 e. The van der Waals surface area contributed by atoms with E-state index in [-0.39, 0.29) is 11.3 Å². The fourth-order valence-corrected chi connectivity index (χ4v) is 7.45. The molecule has 0 aromatic rings. The average Bonchev–Trinajstić information content (AvgIpc) is 2.85. The van der Waals surface area contributed by atoms with Crippen LogP contribution in [0.25, 0.3) is 0 Å². The van der Waals surface area contributed by atoms with Gasteiger partial charge in [0, 0.05) is 5.92 Å². The maximum Gasteiger partial charge on any atom is 0.133 e. The van der Waals surface area contributed by atoms with Crippen LogP contribution in [0.3, 0.4) is 0 Å². The lowest BCUT2D eigenvalue weighted by Gasteiger charge is -2.59. The highest BCUT2D eigenvalue weighted by Gasteiger charge is 2.59. The second-order valence-corrected chi connectivity index (χ2v) is 10.2. The molecule has 4 rings (SSSR count). The number of hydrogen-bond acceptors (Lipinski definition) is 2. The average molecular weight is 331 g/mol. The molecule has 3 saturated carbocycles. The van der Waals surface area contributed by atoms with E-state index in [4.69, 9.17) is 0 Å². The predicted molar refractivity (Wildman–Crippen MR) is 96.4 cm³/mol. The minimum atomic E-state index is -0.461. The van der Waals surface area contributed by atoms with Crippen LogP contribution in [-0.2, 0) is 4.79 Å². The van der Waals surface area contributed by atoms with E-state index < -0.39 is 5.60 Å². The highest BCUT2D eigenvalue weighted by molar-refractivity contribution is 5.80. The van der Waals surface area contributed by atoms with Crippen molar-refractivity contribution in [2.75, 3.05) is 0 Å². The molecule has 4 aliphatic carbocycles. The molecule has 0 heterocycles. The molecule has 0 bridgehead atoms. The number of carbonyl (C=O) groups excluding carboxylic acids is 1. The maximum atomic E-state index is 12.2. The molecule has 1 N–H and O–H groups in total. The first-order chi connectivity index (χ1) is 11.2. The SMILES string of the molecule is CC(=O)[C@H]1CC[C@H]2[C@@H]3CC[C@H]4C[C@](C)(O)CC[C@]4(C)[C@H]3C=C[C@]12C. The zero-order valence-electron chi connectivity index (χ0n) is 15.8. The van der Waals surface area contributed by atoms with Crippen LogP contribution in [0.1, 0.15) is 72.6 Å². The van der Waals surface area contributed by atoms with Gasteiger partial charge in [0.2, 0.25) is 0 Å². The van der Waals surface area contributed by atoms with Crippen LogP contribution in [0.2, 0.25) is 0 Å². The third-order valence-electron chi connectivity index (χ3n) is 8.88. The summed E-state index contributed by atoms with van der Waals surface area (Å²) in [5.74, 6) is 3.35. The highest BCUT2D eigenvalue weighted by atomic mass is 16.3. The third-order valence-corrected chi connectivity index (χ3v) is 8.88. The maximum absolute atomic E-state index is 12.2. The lowest BCUT2D eigenvalue weighted by Crippen LogP contribution is -2.54. The Labute approximate surface area is 147 Å². The van der Waals surface area contributed by atoms with Gasteiger partial charge in [-0.1, -0.05) is 26.0 Å². The van der Waals surface area contributed by atoms with Gasteiger partial charge in [-0.15, -0.1) is 0 Å². The molecule has 0 saturated heterocycles. The topological polar surface area (TPSA) is 37.3 Å². The second kappa shape index (κ2) is 5.19. The summed E-state index contributed by atoms with van der Waals surface area (Å²) >= 11 is 0. The molecule has 0 aliphatic heterocycles. The smallest absolute Gasteiger partial charge is 0.133 e. The summed E-state index contributed by atoms with van der Waals surface area (Å²) < 4.78 is 0. The first-order valence-corrected chi connectivity index (χ1v) is 10.1. The molecular weight excluding hydrogens is 296 g/mol. The Balaban J connectivity index is 1.67. The summed E-state index contributed by atoms with van der Waals surface area (Å²) in [6, 6.07) is 0. The van der Waals surface area contributed by atoms with Gasteiger partial charge in [0.25, 0.3) is 0 Å². The largest absolute Gasteiger partial charge is 0.390 e. The van der Waals surface area contributed by atoms with Crippen LogP contribution in [0.15, 0.2) is 12.2 Å². The third kappa shape index (κ3) is 2.21. The molecule has 0 spiro atoms. The molecule has 0 aromatic carbocycles. The van der Waals surface area contributed by atoms with E-state index in [1.165, 1.54) is 19.3 Å². The number of allylic oxidation sites excluding steroid dienone is 2. The number of carbonyl (C=O) groups is 1. The minimum absolute atomic E-state index is 0.0936. The van der Waals surface area contributed by atoms with Crippen molar-refractivity contribution in [1.29, 1.82) is 0 Å². The lowest BCUT2D eigenvalue weighted by molar-refractivity contribution is -0.127. The molecule has 0 unspecified atom stereocenters. The van der Waals surface area contributed by atoms with Gasteiger partial charge < -0.3 is 5.11 Å². The van der Waals surface area contributed by atoms with Crippen LogP contribution in [0.5, 0.6) is 0 Å². The monoisotopic (exact) mass is 330 g/mol. The van der Waals surface area contributed by atoms with Crippen molar-refractivity contribution in [3.8, 4) is 0 Å². The van der Waals surface area contributed by atoms with Crippen molar-refractivity contribution in [2.24, 2.45) is 40.4 Å². The second-order valence-electron chi connectivity index (χ2n) is 10.2. The molecule has 8 atom stereocenters. The predicted octanol–water partition coefficient (Wildman–Crippen LogP) is 4.76. The number of rotatable bonds is 1. The fourth-order valence-electron chi connectivity index (χ4n) is 7.45. The Morgan fingerprint density at radius 3 is 2.54 bits per heavy atom. The van der Waals surface area contributed by atoms with Gasteiger partial charge >= 0.3 is 0 Å². The van der Waals surface area contributed by atoms with Crippen LogP contribution in [-0.4, -0.2) is 16.5 Å². The summed E-state index contributed by atoms with van der Waals surface area (Å²) in [6.07, 6.45) is 12.9.